The first-order valence-electron chi connectivity index (χ1n) is 7.46. The number of carbonyl (C=O) groups is 1. The quantitative estimate of drug-likeness (QED) is 0.834. The number of halogens is 2. The molecule has 0 spiro atoms. The highest BCUT2D eigenvalue weighted by Crippen LogP contribution is 2.15. The first-order chi connectivity index (χ1) is 10.6. The first kappa shape index (κ1) is 18.0. The SMILES string of the molecule is CC1CNCCC1NC(=O)c1ccn(-c2cccc(Br)c2)n1.Cl. The number of amides is 1. The van der Waals surface area contributed by atoms with Crippen LogP contribution in [0.4, 0.5) is 0 Å². The Bertz CT molecular complexity index is 676. The summed E-state index contributed by atoms with van der Waals surface area (Å²) in [4.78, 5) is 12.4. The van der Waals surface area contributed by atoms with E-state index in [1.165, 1.54) is 0 Å². The van der Waals surface area contributed by atoms with E-state index >= 15 is 0 Å². The number of rotatable bonds is 3. The molecule has 1 aromatic heterocycles. The molecule has 2 atom stereocenters. The van der Waals surface area contributed by atoms with Crippen LogP contribution in [0.3, 0.4) is 0 Å². The van der Waals surface area contributed by atoms with E-state index in [0.717, 1.165) is 29.7 Å². The number of piperidine rings is 1. The average Bonchev–Trinajstić information content (AvgIpc) is 2.99. The summed E-state index contributed by atoms with van der Waals surface area (Å²) in [7, 11) is 0. The number of hydrogen-bond donors (Lipinski definition) is 2. The smallest absolute Gasteiger partial charge is 0.272 e. The van der Waals surface area contributed by atoms with Crippen LogP contribution in [0.5, 0.6) is 0 Å². The van der Waals surface area contributed by atoms with Gasteiger partial charge in [-0.15, -0.1) is 12.4 Å². The lowest BCUT2D eigenvalue weighted by molar-refractivity contribution is 0.0908. The molecule has 2 unspecified atom stereocenters. The lowest BCUT2D eigenvalue weighted by atomic mass is 9.95. The van der Waals surface area contributed by atoms with Crippen LogP contribution < -0.4 is 10.6 Å². The second kappa shape index (κ2) is 7.95. The molecule has 1 aliphatic rings. The largest absolute Gasteiger partial charge is 0.348 e. The first-order valence-corrected chi connectivity index (χ1v) is 8.26. The van der Waals surface area contributed by atoms with Gasteiger partial charge in [-0.25, -0.2) is 4.68 Å². The van der Waals surface area contributed by atoms with Gasteiger partial charge in [0, 0.05) is 16.7 Å². The fourth-order valence-electron chi connectivity index (χ4n) is 2.68. The van der Waals surface area contributed by atoms with Crippen LogP contribution >= 0.6 is 28.3 Å². The molecule has 0 bridgehead atoms. The maximum Gasteiger partial charge on any atom is 0.272 e. The molecule has 1 fully saturated rings. The lowest BCUT2D eigenvalue weighted by Gasteiger charge is -2.29. The minimum absolute atomic E-state index is 0. The van der Waals surface area contributed by atoms with Crippen molar-refractivity contribution in [2.24, 2.45) is 5.92 Å². The molecule has 0 saturated carbocycles. The molecule has 2 heterocycles. The number of nitrogens with zero attached hydrogens (tertiary/aromatic N) is 2. The van der Waals surface area contributed by atoms with Crippen molar-refractivity contribution in [1.82, 2.24) is 20.4 Å². The van der Waals surface area contributed by atoms with Crippen LogP contribution in [0.1, 0.15) is 23.8 Å². The van der Waals surface area contributed by atoms with Crippen molar-refractivity contribution in [2.45, 2.75) is 19.4 Å². The molecule has 7 heteroatoms. The van der Waals surface area contributed by atoms with Crippen LogP contribution in [-0.2, 0) is 0 Å². The van der Waals surface area contributed by atoms with Crippen molar-refractivity contribution in [3.63, 3.8) is 0 Å². The second-order valence-electron chi connectivity index (χ2n) is 5.68. The van der Waals surface area contributed by atoms with Gasteiger partial charge in [-0.05, 0) is 49.7 Å². The molecule has 1 aliphatic heterocycles. The Morgan fingerprint density at radius 1 is 1.43 bits per heavy atom. The Labute approximate surface area is 150 Å². The Kier molecular flexibility index (Phi) is 6.21. The highest BCUT2D eigenvalue weighted by molar-refractivity contribution is 9.10. The summed E-state index contributed by atoms with van der Waals surface area (Å²) in [5.41, 5.74) is 1.37. The molecule has 1 amide bonds. The van der Waals surface area contributed by atoms with Crippen LogP contribution in [-0.4, -0.2) is 34.8 Å². The van der Waals surface area contributed by atoms with Crippen LogP contribution in [0.15, 0.2) is 41.0 Å². The molecule has 5 nitrogen and oxygen atoms in total. The summed E-state index contributed by atoms with van der Waals surface area (Å²) in [6.07, 6.45) is 2.77. The van der Waals surface area contributed by atoms with Crippen LogP contribution in [0.25, 0.3) is 5.69 Å². The maximum atomic E-state index is 12.4. The summed E-state index contributed by atoms with van der Waals surface area (Å²) in [5.74, 6) is 0.331. The monoisotopic (exact) mass is 398 g/mol. The second-order valence-corrected chi connectivity index (χ2v) is 6.59. The van der Waals surface area contributed by atoms with E-state index in [1.807, 2.05) is 30.5 Å². The minimum atomic E-state index is -0.104. The highest BCUT2D eigenvalue weighted by atomic mass is 79.9. The summed E-state index contributed by atoms with van der Waals surface area (Å²) < 4.78 is 2.70. The lowest BCUT2D eigenvalue weighted by Crippen LogP contribution is -2.48. The topological polar surface area (TPSA) is 58.9 Å². The summed E-state index contributed by atoms with van der Waals surface area (Å²) in [6.45, 7) is 4.04. The van der Waals surface area contributed by atoms with Gasteiger partial charge in [-0.2, -0.15) is 5.10 Å². The number of hydrogen-bond acceptors (Lipinski definition) is 3. The van der Waals surface area contributed by atoms with E-state index in [2.05, 4.69) is 38.6 Å². The minimum Gasteiger partial charge on any atom is -0.348 e. The number of carbonyl (C=O) groups excluding carboxylic acids is 1. The van der Waals surface area contributed by atoms with Crippen molar-refractivity contribution >= 4 is 34.2 Å². The van der Waals surface area contributed by atoms with Gasteiger partial charge in [-0.1, -0.05) is 28.9 Å². The van der Waals surface area contributed by atoms with Gasteiger partial charge >= 0.3 is 0 Å². The maximum absolute atomic E-state index is 12.4. The fourth-order valence-corrected chi connectivity index (χ4v) is 3.07. The Morgan fingerprint density at radius 3 is 3.00 bits per heavy atom. The van der Waals surface area contributed by atoms with E-state index < -0.39 is 0 Å². The molecule has 2 aromatic rings. The normalized spacial score (nSPS) is 20.6. The van der Waals surface area contributed by atoms with Crippen LogP contribution in [0, 0.1) is 5.92 Å². The predicted octanol–water partition coefficient (Wildman–Crippen LogP) is 2.78. The van der Waals surface area contributed by atoms with Crippen LogP contribution in [0.2, 0.25) is 0 Å². The third kappa shape index (κ3) is 4.34. The third-order valence-corrected chi connectivity index (χ3v) is 4.49. The van der Waals surface area contributed by atoms with Crippen molar-refractivity contribution in [1.29, 1.82) is 0 Å². The van der Waals surface area contributed by atoms with E-state index in [1.54, 1.807) is 10.7 Å². The predicted molar refractivity (Wildman–Crippen MR) is 96.4 cm³/mol. The fraction of sp³-hybridized carbons (Fsp3) is 0.375. The summed E-state index contributed by atoms with van der Waals surface area (Å²) in [6, 6.07) is 9.78. The molecule has 124 valence electrons. The number of aromatic nitrogens is 2. The summed E-state index contributed by atoms with van der Waals surface area (Å²) in [5, 5.41) is 10.8. The number of benzene rings is 1. The molecular weight excluding hydrogens is 380 g/mol. The molecule has 2 N–H and O–H groups in total. The van der Waals surface area contributed by atoms with Gasteiger partial charge in [0.2, 0.25) is 0 Å². The third-order valence-electron chi connectivity index (χ3n) is 4.00. The molecule has 1 saturated heterocycles. The molecule has 23 heavy (non-hydrogen) atoms. The van der Waals surface area contributed by atoms with E-state index in [0.29, 0.717) is 11.6 Å². The van der Waals surface area contributed by atoms with Gasteiger partial charge in [0.25, 0.3) is 5.91 Å². The van der Waals surface area contributed by atoms with Crippen molar-refractivity contribution < 1.29 is 4.79 Å². The number of nitrogens with one attached hydrogen (secondary N) is 2. The molecule has 1 aromatic carbocycles. The Hall–Kier alpha value is -1.37. The molecule has 0 radical (unpaired) electrons. The van der Waals surface area contributed by atoms with E-state index in [4.69, 9.17) is 0 Å². The van der Waals surface area contributed by atoms with Crippen molar-refractivity contribution in [2.75, 3.05) is 13.1 Å². The molecule has 3 rings (SSSR count). The zero-order chi connectivity index (χ0) is 15.5. The molecule has 0 aliphatic carbocycles. The standard InChI is InChI=1S/C16H19BrN4O.ClH/c1-11-10-18-7-5-14(11)19-16(22)15-6-8-21(20-15)13-4-2-3-12(17)9-13;/h2-4,6,8-9,11,14,18H,5,7,10H2,1H3,(H,19,22);1H. The zero-order valence-electron chi connectivity index (χ0n) is 12.8. The molecular formula is C16H20BrClN4O. The van der Waals surface area contributed by atoms with Gasteiger partial charge in [0.05, 0.1) is 5.69 Å². The van der Waals surface area contributed by atoms with Gasteiger partial charge < -0.3 is 10.6 Å². The van der Waals surface area contributed by atoms with E-state index in [-0.39, 0.29) is 24.4 Å². The Balaban J connectivity index is 0.00000192. The van der Waals surface area contributed by atoms with Gasteiger partial charge in [0.15, 0.2) is 5.69 Å². The zero-order valence-corrected chi connectivity index (χ0v) is 15.2. The van der Waals surface area contributed by atoms with Gasteiger partial charge in [0.1, 0.15) is 0 Å². The summed E-state index contributed by atoms with van der Waals surface area (Å²) >= 11 is 3.44. The van der Waals surface area contributed by atoms with Gasteiger partial charge in [-0.3, -0.25) is 4.79 Å². The average molecular weight is 400 g/mol. The van der Waals surface area contributed by atoms with E-state index in [9.17, 15) is 4.79 Å². The van der Waals surface area contributed by atoms with Crippen molar-refractivity contribution in [3.05, 3.63) is 46.7 Å². The van der Waals surface area contributed by atoms with Crippen molar-refractivity contribution in [3.8, 4) is 5.69 Å². The Morgan fingerprint density at radius 2 is 2.26 bits per heavy atom. The highest BCUT2D eigenvalue weighted by Gasteiger charge is 2.23.